The summed E-state index contributed by atoms with van der Waals surface area (Å²) >= 11 is 0. The summed E-state index contributed by atoms with van der Waals surface area (Å²) in [6, 6.07) is 18.8. The summed E-state index contributed by atoms with van der Waals surface area (Å²) in [5.74, 6) is 1.73. The van der Waals surface area contributed by atoms with Crippen LogP contribution in [-0.4, -0.2) is 70.5 Å². The minimum absolute atomic E-state index is 0.208. The standard InChI is InChI=1S/C25H37N5O2/c1-3-26-25(28-15-7-14-27-22-8-5-4-6-9-22)29-20-24(30-16-18-32-19-17-30)21-10-12-23(31-2)13-11-21/h4-6,8-13,24,27H,3,7,14-20H2,1-2H3,(H2,26,28,29). The molecule has 0 spiro atoms. The molecule has 32 heavy (non-hydrogen) atoms. The summed E-state index contributed by atoms with van der Waals surface area (Å²) in [7, 11) is 1.70. The highest BCUT2D eigenvalue weighted by Gasteiger charge is 2.22. The lowest BCUT2D eigenvalue weighted by molar-refractivity contribution is 0.0179. The van der Waals surface area contributed by atoms with Crippen LogP contribution in [0.4, 0.5) is 5.69 Å². The SMILES string of the molecule is CCNC(=NCC(c1ccc(OC)cc1)N1CCOCC1)NCCCNc1ccccc1. The number of benzene rings is 2. The molecule has 0 radical (unpaired) electrons. The number of methoxy groups -OCH3 is 1. The molecule has 7 nitrogen and oxygen atoms in total. The Hall–Kier alpha value is -2.77. The number of rotatable bonds is 11. The highest BCUT2D eigenvalue weighted by atomic mass is 16.5. The number of guanidine groups is 1. The molecule has 3 rings (SSSR count). The van der Waals surface area contributed by atoms with E-state index < -0.39 is 0 Å². The van der Waals surface area contributed by atoms with Crippen molar-refractivity contribution in [2.24, 2.45) is 4.99 Å². The first-order valence-corrected chi connectivity index (χ1v) is 11.6. The normalized spacial score (nSPS) is 15.8. The van der Waals surface area contributed by atoms with Gasteiger partial charge in [0.15, 0.2) is 5.96 Å². The lowest BCUT2D eigenvalue weighted by atomic mass is 10.0. The van der Waals surface area contributed by atoms with Crippen molar-refractivity contribution >= 4 is 11.6 Å². The van der Waals surface area contributed by atoms with Crippen molar-refractivity contribution in [2.75, 3.05) is 64.9 Å². The van der Waals surface area contributed by atoms with Gasteiger partial charge in [-0.1, -0.05) is 30.3 Å². The molecule has 0 amide bonds. The van der Waals surface area contributed by atoms with E-state index in [1.165, 1.54) is 5.56 Å². The van der Waals surface area contributed by atoms with Crippen molar-refractivity contribution in [3.8, 4) is 5.75 Å². The fourth-order valence-electron chi connectivity index (χ4n) is 3.75. The van der Waals surface area contributed by atoms with Gasteiger partial charge in [0, 0.05) is 38.4 Å². The molecule has 1 aliphatic rings. The third-order valence-corrected chi connectivity index (χ3v) is 5.50. The summed E-state index contributed by atoms with van der Waals surface area (Å²) in [5, 5.41) is 10.3. The quantitative estimate of drug-likeness (QED) is 0.284. The van der Waals surface area contributed by atoms with Crippen LogP contribution in [0.25, 0.3) is 0 Å². The number of nitrogens with one attached hydrogen (secondary N) is 3. The topological polar surface area (TPSA) is 70.2 Å². The van der Waals surface area contributed by atoms with Crippen molar-refractivity contribution < 1.29 is 9.47 Å². The summed E-state index contributed by atoms with van der Waals surface area (Å²) in [4.78, 5) is 7.38. The van der Waals surface area contributed by atoms with Gasteiger partial charge in [0.2, 0.25) is 0 Å². The van der Waals surface area contributed by atoms with E-state index in [4.69, 9.17) is 14.5 Å². The lowest BCUT2D eigenvalue weighted by Crippen LogP contribution is -2.42. The molecule has 174 valence electrons. The Bertz CT molecular complexity index is 792. The Balaban J connectivity index is 1.56. The van der Waals surface area contributed by atoms with Crippen LogP contribution in [0.5, 0.6) is 5.75 Å². The predicted octanol–water partition coefficient (Wildman–Crippen LogP) is 3.13. The number of hydrogen-bond donors (Lipinski definition) is 3. The first kappa shape index (κ1) is 23.9. The molecule has 0 bridgehead atoms. The number of morpholine rings is 1. The van der Waals surface area contributed by atoms with E-state index in [2.05, 4.69) is 52.0 Å². The first-order valence-electron chi connectivity index (χ1n) is 11.6. The van der Waals surface area contributed by atoms with E-state index in [0.29, 0.717) is 6.54 Å². The molecule has 1 aliphatic heterocycles. The molecule has 7 heteroatoms. The number of ether oxygens (including phenoxy) is 2. The van der Waals surface area contributed by atoms with Crippen molar-refractivity contribution in [2.45, 2.75) is 19.4 Å². The van der Waals surface area contributed by atoms with Crippen molar-refractivity contribution in [1.82, 2.24) is 15.5 Å². The summed E-state index contributed by atoms with van der Waals surface area (Å²) < 4.78 is 10.9. The maximum Gasteiger partial charge on any atom is 0.191 e. The lowest BCUT2D eigenvalue weighted by Gasteiger charge is -2.34. The van der Waals surface area contributed by atoms with Crippen molar-refractivity contribution in [1.29, 1.82) is 0 Å². The fraction of sp³-hybridized carbons (Fsp3) is 0.480. The molecule has 1 fully saturated rings. The van der Waals surface area contributed by atoms with E-state index >= 15 is 0 Å². The van der Waals surface area contributed by atoms with Crippen molar-refractivity contribution in [3.63, 3.8) is 0 Å². The van der Waals surface area contributed by atoms with Gasteiger partial charge in [0.05, 0.1) is 32.9 Å². The van der Waals surface area contributed by atoms with Gasteiger partial charge in [-0.3, -0.25) is 9.89 Å². The van der Waals surface area contributed by atoms with Gasteiger partial charge in [-0.05, 0) is 43.2 Å². The fourth-order valence-corrected chi connectivity index (χ4v) is 3.75. The van der Waals surface area contributed by atoms with Crippen molar-refractivity contribution in [3.05, 3.63) is 60.2 Å². The number of aliphatic imine (C=N–C) groups is 1. The minimum atomic E-state index is 0.208. The van der Waals surface area contributed by atoms with Gasteiger partial charge in [-0.2, -0.15) is 0 Å². The average Bonchev–Trinajstić information content (AvgIpc) is 2.85. The third kappa shape index (κ3) is 7.73. The smallest absolute Gasteiger partial charge is 0.191 e. The second kappa shape index (κ2) is 13.6. The summed E-state index contributed by atoms with van der Waals surface area (Å²) in [6.07, 6.45) is 1.00. The molecule has 1 unspecified atom stereocenters. The van der Waals surface area contributed by atoms with Crippen LogP contribution in [0.2, 0.25) is 0 Å². The van der Waals surface area contributed by atoms with Gasteiger partial charge < -0.3 is 25.4 Å². The van der Waals surface area contributed by atoms with Crippen LogP contribution in [0.15, 0.2) is 59.6 Å². The molecule has 1 atom stereocenters. The molecule has 1 saturated heterocycles. The molecule has 0 aromatic heterocycles. The Labute approximate surface area is 192 Å². The van der Waals surface area contributed by atoms with Crippen LogP contribution < -0.4 is 20.7 Å². The maximum absolute atomic E-state index is 5.57. The van der Waals surface area contributed by atoms with Crippen LogP contribution in [0, 0.1) is 0 Å². The predicted molar refractivity (Wildman–Crippen MR) is 132 cm³/mol. The molecule has 1 heterocycles. The third-order valence-electron chi connectivity index (χ3n) is 5.50. The maximum atomic E-state index is 5.57. The van der Waals surface area contributed by atoms with E-state index in [9.17, 15) is 0 Å². The van der Waals surface area contributed by atoms with Gasteiger partial charge in [-0.25, -0.2) is 0 Å². The summed E-state index contributed by atoms with van der Waals surface area (Å²) in [5.41, 5.74) is 2.40. The van der Waals surface area contributed by atoms with Gasteiger partial charge >= 0.3 is 0 Å². The molecule has 2 aromatic carbocycles. The first-order chi connectivity index (χ1) is 15.8. The Morgan fingerprint density at radius 3 is 2.47 bits per heavy atom. The van der Waals surface area contributed by atoms with E-state index in [-0.39, 0.29) is 6.04 Å². The van der Waals surface area contributed by atoms with Gasteiger partial charge in [-0.15, -0.1) is 0 Å². The zero-order valence-electron chi connectivity index (χ0n) is 19.3. The zero-order valence-corrected chi connectivity index (χ0v) is 19.3. The second-order valence-corrected chi connectivity index (χ2v) is 7.73. The van der Waals surface area contributed by atoms with E-state index in [1.807, 2.05) is 30.3 Å². The summed E-state index contributed by atoms with van der Waals surface area (Å²) in [6.45, 7) is 8.75. The highest BCUT2D eigenvalue weighted by molar-refractivity contribution is 5.79. The van der Waals surface area contributed by atoms with Gasteiger partial charge in [0.25, 0.3) is 0 Å². The van der Waals surface area contributed by atoms with Crippen LogP contribution in [0.3, 0.4) is 0 Å². The van der Waals surface area contributed by atoms with Crippen LogP contribution in [-0.2, 0) is 4.74 Å². The average molecular weight is 440 g/mol. The van der Waals surface area contributed by atoms with Crippen LogP contribution >= 0.6 is 0 Å². The molecule has 0 aliphatic carbocycles. The van der Waals surface area contributed by atoms with E-state index in [1.54, 1.807) is 7.11 Å². The largest absolute Gasteiger partial charge is 0.497 e. The zero-order chi connectivity index (χ0) is 22.4. The molecule has 3 N–H and O–H groups in total. The molecule has 0 saturated carbocycles. The molecular formula is C25H37N5O2. The number of para-hydroxylation sites is 1. The van der Waals surface area contributed by atoms with Crippen LogP contribution in [0.1, 0.15) is 24.9 Å². The van der Waals surface area contributed by atoms with E-state index in [0.717, 1.165) is 69.8 Å². The minimum Gasteiger partial charge on any atom is -0.497 e. The Morgan fingerprint density at radius 2 is 1.78 bits per heavy atom. The Kier molecular flexibility index (Phi) is 10.2. The molecular weight excluding hydrogens is 402 g/mol. The highest BCUT2D eigenvalue weighted by Crippen LogP contribution is 2.24. The number of anilines is 1. The number of nitrogens with zero attached hydrogens (tertiary/aromatic N) is 2. The Morgan fingerprint density at radius 1 is 1.03 bits per heavy atom. The second-order valence-electron chi connectivity index (χ2n) is 7.73. The number of hydrogen-bond acceptors (Lipinski definition) is 5. The molecule has 2 aromatic rings. The van der Waals surface area contributed by atoms with Gasteiger partial charge in [0.1, 0.15) is 5.75 Å². The monoisotopic (exact) mass is 439 g/mol.